The van der Waals surface area contributed by atoms with Crippen molar-refractivity contribution in [3.8, 4) is 17.1 Å². The van der Waals surface area contributed by atoms with E-state index in [1.807, 2.05) is 12.1 Å². The minimum Gasteiger partial charge on any atom is -0.456 e. The number of nitrogens with zero attached hydrogens (tertiary/aromatic N) is 3. The largest absolute Gasteiger partial charge is 0.456 e. The molecule has 56 heavy (non-hydrogen) atoms. The number of furan rings is 1. The van der Waals surface area contributed by atoms with Crippen LogP contribution in [0.4, 0.5) is 0 Å². The zero-order valence-electron chi connectivity index (χ0n) is 30.0. The molecule has 0 amide bonds. The van der Waals surface area contributed by atoms with E-state index in [1.54, 1.807) is 0 Å². The van der Waals surface area contributed by atoms with Gasteiger partial charge < -0.3 is 4.42 Å². The van der Waals surface area contributed by atoms with Crippen LogP contribution >= 0.6 is 0 Å². The van der Waals surface area contributed by atoms with Crippen LogP contribution in [-0.4, -0.2) is 14.5 Å². The third-order valence-electron chi connectivity index (χ3n) is 11.9. The first-order valence-electron chi connectivity index (χ1n) is 19.1. The minimum atomic E-state index is 0.784. The lowest BCUT2D eigenvalue weighted by atomic mass is 9.91. The van der Waals surface area contributed by atoms with Crippen LogP contribution in [0, 0.1) is 0 Å². The molecule has 0 saturated carbocycles. The van der Waals surface area contributed by atoms with Gasteiger partial charge in [0, 0.05) is 37.9 Å². The van der Waals surface area contributed by atoms with Crippen LogP contribution in [0.5, 0.6) is 0 Å². The Balaban J connectivity index is 1.28. The van der Waals surface area contributed by atoms with Gasteiger partial charge >= 0.3 is 0 Å². The van der Waals surface area contributed by atoms with Gasteiger partial charge in [0.2, 0.25) is 0 Å². The average molecular weight is 712 g/mol. The van der Waals surface area contributed by atoms with Crippen molar-refractivity contribution in [2.24, 2.45) is 0 Å². The van der Waals surface area contributed by atoms with Crippen LogP contribution in [0.3, 0.4) is 0 Å². The zero-order valence-corrected chi connectivity index (χ0v) is 30.0. The molecule has 4 nitrogen and oxygen atoms in total. The fourth-order valence-electron chi connectivity index (χ4n) is 9.50. The SMILES string of the molecule is c1ccc2cc3c(cc2c1)c1c2c4ccccc4c4ccccc4c2ccc1n3-c1nc2c(ccc3ccccc32)nc1-c1cccc2oc3ccccc3c12. The molecule has 0 aliphatic heterocycles. The lowest BCUT2D eigenvalue weighted by Crippen LogP contribution is -2.04. The van der Waals surface area contributed by atoms with Crippen molar-refractivity contribution < 1.29 is 4.42 Å². The van der Waals surface area contributed by atoms with Gasteiger partial charge in [-0.1, -0.05) is 140 Å². The van der Waals surface area contributed by atoms with E-state index >= 15 is 0 Å². The summed E-state index contributed by atoms with van der Waals surface area (Å²) in [5.41, 5.74) is 7.36. The molecule has 0 spiro atoms. The molecule has 0 atom stereocenters. The van der Waals surface area contributed by atoms with Crippen molar-refractivity contribution in [2.75, 3.05) is 0 Å². The smallest absolute Gasteiger partial charge is 0.165 e. The molecule has 3 heterocycles. The monoisotopic (exact) mass is 711 g/mol. The quantitative estimate of drug-likeness (QED) is 0.168. The fourth-order valence-corrected chi connectivity index (χ4v) is 9.50. The predicted octanol–water partition coefficient (Wildman–Crippen LogP) is 14.1. The number of benzene rings is 10. The standard InChI is InChI=1S/C52H29N3O/c1-2-14-32-29-44-41(28-31(32)13-1)49-43(27-25-38-36-18-6-5-16-34(36)35-17-7-8-19-37(35)48(38)49)55(44)52-51(53-42-26-24-30-12-3-4-15-33(30)50(42)54-52)40-21-11-23-46-47(40)39-20-9-10-22-45(39)56-46/h1-29H. The third-order valence-corrected chi connectivity index (χ3v) is 11.9. The highest BCUT2D eigenvalue weighted by molar-refractivity contribution is 6.36. The number of rotatable bonds is 2. The summed E-state index contributed by atoms with van der Waals surface area (Å²) in [6.45, 7) is 0. The molecule has 0 saturated heterocycles. The van der Waals surface area contributed by atoms with Gasteiger partial charge in [0.15, 0.2) is 5.82 Å². The van der Waals surface area contributed by atoms with E-state index in [0.717, 1.165) is 71.9 Å². The Labute approximate surface area is 319 Å². The summed E-state index contributed by atoms with van der Waals surface area (Å²) in [5.74, 6) is 0.784. The summed E-state index contributed by atoms with van der Waals surface area (Å²) in [4.78, 5) is 11.3. The van der Waals surface area contributed by atoms with Gasteiger partial charge in [0.25, 0.3) is 0 Å². The van der Waals surface area contributed by atoms with Gasteiger partial charge in [-0.2, -0.15) is 0 Å². The van der Waals surface area contributed by atoms with Crippen molar-refractivity contribution >= 4 is 109 Å². The molecule has 3 aromatic heterocycles. The topological polar surface area (TPSA) is 43.9 Å². The van der Waals surface area contributed by atoms with Gasteiger partial charge in [-0.05, 0) is 79.5 Å². The van der Waals surface area contributed by atoms with Crippen molar-refractivity contribution in [1.82, 2.24) is 14.5 Å². The lowest BCUT2D eigenvalue weighted by molar-refractivity contribution is 0.669. The van der Waals surface area contributed by atoms with Gasteiger partial charge in [-0.25, -0.2) is 9.97 Å². The van der Waals surface area contributed by atoms with Gasteiger partial charge in [-0.3, -0.25) is 4.57 Å². The van der Waals surface area contributed by atoms with Crippen LogP contribution in [0.1, 0.15) is 0 Å². The molecule has 0 aliphatic carbocycles. The second kappa shape index (κ2) is 11.0. The van der Waals surface area contributed by atoms with Crippen molar-refractivity contribution in [3.63, 3.8) is 0 Å². The van der Waals surface area contributed by atoms with Crippen LogP contribution in [0.25, 0.3) is 126 Å². The molecule has 13 rings (SSSR count). The summed E-state index contributed by atoms with van der Waals surface area (Å²) in [6.07, 6.45) is 0. The van der Waals surface area contributed by atoms with Crippen LogP contribution in [-0.2, 0) is 0 Å². The van der Waals surface area contributed by atoms with Gasteiger partial charge in [0.1, 0.15) is 16.9 Å². The Kier molecular flexibility index (Phi) is 5.86. The summed E-state index contributed by atoms with van der Waals surface area (Å²) in [6, 6.07) is 63.0. The summed E-state index contributed by atoms with van der Waals surface area (Å²) in [7, 11) is 0. The first-order valence-corrected chi connectivity index (χ1v) is 19.1. The van der Waals surface area contributed by atoms with E-state index < -0.39 is 0 Å². The van der Waals surface area contributed by atoms with E-state index in [9.17, 15) is 0 Å². The van der Waals surface area contributed by atoms with Crippen molar-refractivity contribution in [1.29, 1.82) is 0 Å². The third kappa shape index (κ3) is 3.97. The first kappa shape index (κ1) is 29.8. The summed E-state index contributed by atoms with van der Waals surface area (Å²) >= 11 is 0. The second-order valence-electron chi connectivity index (χ2n) is 14.9. The molecule has 0 bridgehead atoms. The minimum absolute atomic E-state index is 0.784. The van der Waals surface area contributed by atoms with Crippen molar-refractivity contribution in [2.45, 2.75) is 0 Å². The molecule has 13 aromatic rings. The molecule has 0 fully saturated rings. The molecule has 4 heteroatoms. The Morgan fingerprint density at radius 1 is 0.375 bits per heavy atom. The van der Waals surface area contributed by atoms with E-state index in [-0.39, 0.29) is 0 Å². The molecule has 0 aliphatic rings. The Bertz CT molecular complexity index is 3800. The highest BCUT2D eigenvalue weighted by Crippen LogP contribution is 2.46. The summed E-state index contributed by atoms with van der Waals surface area (Å²) < 4.78 is 8.83. The first-order chi connectivity index (χ1) is 27.8. The molecular formula is C52H29N3O. The van der Waals surface area contributed by atoms with E-state index in [2.05, 4.69) is 168 Å². The molecule has 0 radical (unpaired) electrons. The zero-order chi connectivity index (χ0) is 36.5. The Morgan fingerprint density at radius 3 is 1.80 bits per heavy atom. The molecule has 0 unspecified atom stereocenters. The van der Waals surface area contributed by atoms with Crippen molar-refractivity contribution in [3.05, 3.63) is 176 Å². The molecule has 0 N–H and O–H groups in total. The van der Waals surface area contributed by atoms with E-state index in [0.29, 0.717) is 0 Å². The highest BCUT2D eigenvalue weighted by Gasteiger charge is 2.25. The maximum Gasteiger partial charge on any atom is 0.165 e. The number of hydrogen-bond donors (Lipinski definition) is 0. The number of aromatic nitrogens is 3. The van der Waals surface area contributed by atoms with Crippen LogP contribution < -0.4 is 0 Å². The van der Waals surface area contributed by atoms with E-state index in [1.165, 1.54) is 53.9 Å². The van der Waals surface area contributed by atoms with Gasteiger partial charge in [0.05, 0.1) is 22.1 Å². The predicted molar refractivity (Wildman–Crippen MR) is 234 cm³/mol. The summed E-state index contributed by atoms with van der Waals surface area (Å²) in [5, 5.41) is 16.6. The molecular weight excluding hydrogens is 683 g/mol. The normalized spacial score (nSPS) is 12.3. The molecule has 258 valence electrons. The fraction of sp³-hybridized carbons (Fsp3) is 0. The van der Waals surface area contributed by atoms with E-state index in [4.69, 9.17) is 14.4 Å². The average Bonchev–Trinajstić information content (AvgIpc) is 3.80. The highest BCUT2D eigenvalue weighted by atomic mass is 16.3. The van der Waals surface area contributed by atoms with Crippen LogP contribution in [0.2, 0.25) is 0 Å². The van der Waals surface area contributed by atoms with Crippen LogP contribution in [0.15, 0.2) is 180 Å². The Morgan fingerprint density at radius 2 is 1.00 bits per heavy atom. The molecule has 10 aromatic carbocycles. The maximum absolute atomic E-state index is 6.45. The van der Waals surface area contributed by atoms with Gasteiger partial charge in [-0.15, -0.1) is 0 Å². The number of para-hydroxylation sites is 1. The lowest BCUT2D eigenvalue weighted by Gasteiger charge is -2.16. The number of hydrogen-bond acceptors (Lipinski definition) is 3. The maximum atomic E-state index is 6.45. The second-order valence-corrected chi connectivity index (χ2v) is 14.9. The number of fused-ring (bicyclic) bond motifs is 17. The Hall–Kier alpha value is -7.56.